The van der Waals surface area contributed by atoms with Crippen LogP contribution >= 0.6 is 0 Å². The Morgan fingerprint density at radius 2 is 2.32 bits per heavy atom. The van der Waals surface area contributed by atoms with Crippen LogP contribution in [0.1, 0.15) is 0 Å². The van der Waals surface area contributed by atoms with E-state index in [4.69, 9.17) is 15.2 Å². The monoisotopic (exact) mass is 270 g/mol. The molecule has 1 rings (SSSR count). The maximum atomic E-state index is 10.8. The molecule has 9 nitrogen and oxygen atoms in total. The van der Waals surface area contributed by atoms with Crippen molar-refractivity contribution in [3.8, 4) is 5.88 Å². The highest BCUT2D eigenvalue weighted by Gasteiger charge is 2.15. The lowest BCUT2D eigenvalue weighted by Gasteiger charge is -2.07. The molecule has 0 unspecified atom stereocenters. The molecule has 0 aromatic carbocycles. The van der Waals surface area contributed by atoms with Crippen LogP contribution in [0.4, 0.5) is 11.5 Å². The molecule has 0 atom stereocenters. The second kappa shape index (κ2) is 7.11. The standard InChI is InChI=1S/C10H14N4O5/c1-18-9-3-2-7(14(16)17)10(13-9)12-4-5-19-6-8(11)15/h2-3H,4-6H2,1H3,(H2,11,15)(H,12,13). The first-order valence-corrected chi connectivity index (χ1v) is 5.34. The SMILES string of the molecule is COc1ccc([N+](=O)[O-])c(NCCOCC(N)=O)n1. The molecule has 1 aromatic heterocycles. The van der Waals surface area contributed by atoms with Crippen molar-refractivity contribution in [3.05, 3.63) is 22.2 Å². The fourth-order valence-electron chi connectivity index (χ4n) is 1.24. The zero-order valence-electron chi connectivity index (χ0n) is 10.3. The lowest BCUT2D eigenvalue weighted by atomic mass is 10.4. The minimum Gasteiger partial charge on any atom is -0.481 e. The molecule has 1 aromatic rings. The van der Waals surface area contributed by atoms with E-state index in [9.17, 15) is 14.9 Å². The van der Waals surface area contributed by atoms with Gasteiger partial charge in [-0.2, -0.15) is 4.98 Å². The Labute approximate surface area is 108 Å². The van der Waals surface area contributed by atoms with Crippen molar-refractivity contribution in [3.63, 3.8) is 0 Å². The largest absolute Gasteiger partial charge is 0.481 e. The van der Waals surface area contributed by atoms with E-state index >= 15 is 0 Å². The number of rotatable bonds is 8. The molecule has 0 spiro atoms. The number of primary amides is 1. The van der Waals surface area contributed by atoms with E-state index in [1.54, 1.807) is 0 Å². The van der Waals surface area contributed by atoms with E-state index in [1.165, 1.54) is 19.2 Å². The first kappa shape index (κ1) is 14.6. The third-order valence-corrected chi connectivity index (χ3v) is 2.04. The number of methoxy groups -OCH3 is 1. The Morgan fingerprint density at radius 3 is 2.89 bits per heavy atom. The molecule has 0 aliphatic carbocycles. The minimum absolute atomic E-state index is 0.0759. The van der Waals surface area contributed by atoms with Crippen molar-refractivity contribution in [1.82, 2.24) is 4.98 Å². The summed E-state index contributed by atoms with van der Waals surface area (Å²) in [6.45, 7) is 0.211. The summed E-state index contributed by atoms with van der Waals surface area (Å²) in [4.78, 5) is 24.6. The van der Waals surface area contributed by atoms with Gasteiger partial charge in [0.1, 0.15) is 6.61 Å². The smallest absolute Gasteiger partial charge is 0.311 e. The molecule has 0 radical (unpaired) electrons. The first-order chi connectivity index (χ1) is 9.04. The van der Waals surface area contributed by atoms with Crippen molar-refractivity contribution >= 4 is 17.4 Å². The van der Waals surface area contributed by atoms with Gasteiger partial charge in [-0.3, -0.25) is 14.9 Å². The van der Waals surface area contributed by atoms with Gasteiger partial charge in [-0.1, -0.05) is 0 Å². The van der Waals surface area contributed by atoms with Gasteiger partial charge in [-0.15, -0.1) is 0 Å². The molecule has 19 heavy (non-hydrogen) atoms. The highest BCUT2D eigenvalue weighted by molar-refractivity contribution is 5.74. The van der Waals surface area contributed by atoms with Gasteiger partial charge in [-0.25, -0.2) is 0 Å². The zero-order valence-corrected chi connectivity index (χ0v) is 10.3. The number of pyridine rings is 1. The normalized spacial score (nSPS) is 9.95. The number of amides is 1. The molecule has 0 saturated carbocycles. The van der Waals surface area contributed by atoms with E-state index in [-0.39, 0.29) is 37.1 Å². The van der Waals surface area contributed by atoms with E-state index in [0.29, 0.717) is 0 Å². The molecule has 9 heteroatoms. The van der Waals surface area contributed by atoms with Crippen molar-refractivity contribution in [2.24, 2.45) is 5.73 Å². The fraction of sp³-hybridized carbons (Fsp3) is 0.400. The molecule has 104 valence electrons. The van der Waals surface area contributed by atoms with Crippen LogP contribution in [0, 0.1) is 10.1 Å². The number of carbonyl (C=O) groups excluding carboxylic acids is 1. The van der Waals surface area contributed by atoms with E-state index in [1.807, 2.05) is 0 Å². The maximum absolute atomic E-state index is 10.8. The molecule has 1 heterocycles. The third-order valence-electron chi connectivity index (χ3n) is 2.04. The van der Waals surface area contributed by atoms with Gasteiger partial charge < -0.3 is 20.5 Å². The van der Waals surface area contributed by atoms with Crippen LogP contribution in [-0.4, -0.2) is 42.7 Å². The number of nitrogens with zero attached hydrogens (tertiary/aromatic N) is 2. The van der Waals surface area contributed by atoms with Crippen LogP contribution in [0.25, 0.3) is 0 Å². The second-order valence-electron chi connectivity index (χ2n) is 3.42. The summed E-state index contributed by atoms with van der Waals surface area (Å²) in [6.07, 6.45) is 0. The average molecular weight is 270 g/mol. The average Bonchev–Trinajstić information content (AvgIpc) is 2.37. The molecule has 0 aliphatic rings. The van der Waals surface area contributed by atoms with E-state index < -0.39 is 10.8 Å². The van der Waals surface area contributed by atoms with E-state index in [0.717, 1.165) is 0 Å². The lowest BCUT2D eigenvalue weighted by molar-refractivity contribution is -0.384. The number of hydrogen-bond donors (Lipinski definition) is 2. The van der Waals surface area contributed by atoms with Gasteiger partial charge >= 0.3 is 5.69 Å². The second-order valence-corrected chi connectivity index (χ2v) is 3.42. The molecule has 1 amide bonds. The summed E-state index contributed by atoms with van der Waals surface area (Å²) in [5, 5.41) is 13.5. The maximum Gasteiger partial charge on any atom is 0.311 e. The van der Waals surface area contributed by atoms with Crippen molar-refractivity contribution in [1.29, 1.82) is 0 Å². The summed E-state index contributed by atoms with van der Waals surface area (Å²) in [7, 11) is 1.41. The van der Waals surface area contributed by atoms with Crippen LogP contribution in [-0.2, 0) is 9.53 Å². The number of nitrogens with one attached hydrogen (secondary N) is 1. The Hall–Kier alpha value is -2.42. The first-order valence-electron chi connectivity index (χ1n) is 5.34. The molecule has 0 fully saturated rings. The van der Waals surface area contributed by atoms with Crippen LogP contribution in [0.15, 0.2) is 12.1 Å². The lowest BCUT2D eigenvalue weighted by Crippen LogP contribution is -2.21. The van der Waals surface area contributed by atoms with Gasteiger partial charge in [0, 0.05) is 18.7 Å². The highest BCUT2D eigenvalue weighted by atomic mass is 16.6. The van der Waals surface area contributed by atoms with Crippen molar-refractivity contribution in [2.45, 2.75) is 0 Å². The van der Waals surface area contributed by atoms with Gasteiger partial charge in [0.25, 0.3) is 0 Å². The minimum atomic E-state index is -0.578. The summed E-state index contributed by atoms with van der Waals surface area (Å²) >= 11 is 0. The number of ether oxygens (including phenoxy) is 2. The van der Waals surface area contributed by atoms with Gasteiger partial charge in [0.05, 0.1) is 18.6 Å². The quantitative estimate of drug-likeness (QED) is 0.383. The van der Waals surface area contributed by atoms with Crippen LogP contribution < -0.4 is 15.8 Å². The molecule has 0 bridgehead atoms. The van der Waals surface area contributed by atoms with Gasteiger partial charge in [-0.05, 0) is 0 Å². The number of hydrogen-bond acceptors (Lipinski definition) is 7. The van der Waals surface area contributed by atoms with Crippen LogP contribution in [0.5, 0.6) is 5.88 Å². The Morgan fingerprint density at radius 1 is 1.58 bits per heavy atom. The van der Waals surface area contributed by atoms with Gasteiger partial charge in [0.2, 0.25) is 17.6 Å². The van der Waals surface area contributed by atoms with Crippen molar-refractivity contribution < 1.29 is 19.2 Å². The number of carbonyl (C=O) groups is 1. The Balaban J connectivity index is 2.59. The number of nitro groups is 1. The third kappa shape index (κ3) is 4.76. The predicted octanol–water partition coefficient (Wildman–Crippen LogP) is -0.0878. The zero-order chi connectivity index (χ0) is 14.3. The summed E-state index contributed by atoms with van der Waals surface area (Å²) < 4.78 is 9.79. The molecular weight excluding hydrogens is 256 g/mol. The fourth-order valence-corrected chi connectivity index (χ4v) is 1.24. The number of anilines is 1. The molecule has 0 saturated heterocycles. The van der Waals surface area contributed by atoms with Crippen molar-refractivity contribution in [2.75, 3.05) is 32.2 Å². The van der Waals surface area contributed by atoms with E-state index in [2.05, 4.69) is 10.3 Å². The van der Waals surface area contributed by atoms with Gasteiger partial charge in [0.15, 0.2) is 0 Å². The Kier molecular flexibility index (Phi) is 5.48. The molecule has 3 N–H and O–H groups in total. The molecular formula is C10H14N4O5. The summed E-state index contributed by atoms with van der Waals surface area (Å²) in [6, 6.07) is 2.69. The highest BCUT2D eigenvalue weighted by Crippen LogP contribution is 2.24. The number of nitrogens with two attached hydrogens (primary N) is 1. The Bertz CT molecular complexity index is 465. The van der Waals surface area contributed by atoms with Crippen LogP contribution in [0.3, 0.4) is 0 Å². The summed E-state index contributed by atoms with van der Waals surface area (Å²) in [5.41, 5.74) is 4.71. The topological polar surface area (TPSA) is 130 Å². The predicted molar refractivity (Wildman–Crippen MR) is 65.9 cm³/mol. The van der Waals surface area contributed by atoms with Crippen LogP contribution in [0.2, 0.25) is 0 Å². The molecule has 0 aliphatic heterocycles. The number of aromatic nitrogens is 1. The summed E-state index contributed by atoms with van der Waals surface area (Å²) in [5.74, 6) is -0.247.